The molecular formula is C17H26N6O2. The van der Waals surface area contributed by atoms with E-state index in [4.69, 9.17) is 4.74 Å². The third kappa shape index (κ3) is 3.45. The number of aryl methyl sites for hydroxylation is 2. The van der Waals surface area contributed by atoms with Crippen molar-refractivity contribution in [1.82, 2.24) is 30.0 Å². The molecule has 0 aliphatic carbocycles. The van der Waals surface area contributed by atoms with Gasteiger partial charge in [-0.1, -0.05) is 0 Å². The minimum atomic E-state index is -0.413. The highest BCUT2D eigenvalue weighted by molar-refractivity contribution is 5.83. The number of hydrogen-bond donors (Lipinski definition) is 2. The second kappa shape index (κ2) is 7.37. The summed E-state index contributed by atoms with van der Waals surface area (Å²) in [6, 6.07) is -0.413. The van der Waals surface area contributed by atoms with Crippen LogP contribution in [0.3, 0.4) is 0 Å². The number of carbonyl (C=O) groups is 1. The zero-order valence-corrected chi connectivity index (χ0v) is 15.3. The molecule has 0 radical (unpaired) electrons. The van der Waals surface area contributed by atoms with E-state index in [1.807, 2.05) is 30.5 Å². The van der Waals surface area contributed by atoms with Gasteiger partial charge in [0.1, 0.15) is 6.04 Å². The molecule has 3 heterocycles. The number of fused-ring (bicyclic) bond motifs is 1. The van der Waals surface area contributed by atoms with Crippen LogP contribution in [0.15, 0.2) is 6.33 Å². The lowest BCUT2D eigenvalue weighted by atomic mass is 10.0. The predicted molar refractivity (Wildman–Crippen MR) is 93.0 cm³/mol. The molecular weight excluding hydrogens is 320 g/mol. The van der Waals surface area contributed by atoms with Crippen LogP contribution in [0.25, 0.3) is 0 Å². The molecule has 0 bridgehead atoms. The number of methoxy groups -OCH3 is 1. The Bertz CT molecular complexity index is 750. The van der Waals surface area contributed by atoms with E-state index in [0.29, 0.717) is 19.7 Å². The number of hydrogen-bond acceptors (Lipinski definition) is 5. The Morgan fingerprint density at radius 3 is 2.96 bits per heavy atom. The van der Waals surface area contributed by atoms with Gasteiger partial charge in [-0.25, -0.2) is 4.98 Å². The molecule has 0 spiro atoms. The van der Waals surface area contributed by atoms with Crippen LogP contribution in [0.5, 0.6) is 0 Å². The molecule has 3 rings (SSSR count). The fourth-order valence-corrected chi connectivity index (χ4v) is 3.31. The third-order valence-electron chi connectivity index (χ3n) is 4.88. The summed E-state index contributed by atoms with van der Waals surface area (Å²) in [5.41, 5.74) is 4.96. The van der Waals surface area contributed by atoms with Gasteiger partial charge >= 0.3 is 0 Å². The van der Waals surface area contributed by atoms with Gasteiger partial charge in [-0.15, -0.1) is 0 Å². The van der Waals surface area contributed by atoms with Crippen molar-refractivity contribution in [2.75, 3.05) is 26.8 Å². The minimum Gasteiger partial charge on any atom is -0.383 e. The second-order valence-corrected chi connectivity index (χ2v) is 6.43. The highest BCUT2D eigenvalue weighted by Gasteiger charge is 2.32. The summed E-state index contributed by atoms with van der Waals surface area (Å²) in [6.07, 6.45) is 2.52. The topological polar surface area (TPSA) is 88.1 Å². The molecule has 0 aromatic carbocycles. The van der Waals surface area contributed by atoms with E-state index in [-0.39, 0.29) is 5.91 Å². The maximum absolute atomic E-state index is 13.2. The second-order valence-electron chi connectivity index (χ2n) is 6.43. The fraction of sp³-hybridized carbons (Fsp3) is 0.588. The van der Waals surface area contributed by atoms with Crippen LogP contribution in [0.1, 0.15) is 34.4 Å². The first-order valence-corrected chi connectivity index (χ1v) is 8.55. The molecule has 1 aliphatic heterocycles. The predicted octanol–water partition coefficient (Wildman–Crippen LogP) is 0.622. The quantitative estimate of drug-likeness (QED) is 0.801. The van der Waals surface area contributed by atoms with Crippen molar-refractivity contribution < 1.29 is 9.53 Å². The van der Waals surface area contributed by atoms with Gasteiger partial charge in [0.05, 0.1) is 24.3 Å². The number of imidazole rings is 1. The Balaban J connectivity index is 1.85. The summed E-state index contributed by atoms with van der Waals surface area (Å²) in [5, 5.41) is 7.76. The average Bonchev–Trinajstić information content (AvgIpc) is 3.17. The Morgan fingerprint density at radius 1 is 1.48 bits per heavy atom. The number of aromatic amines is 1. The first-order chi connectivity index (χ1) is 12.0. The number of carbonyl (C=O) groups excluding carboxylic acids is 1. The lowest BCUT2D eigenvalue weighted by molar-refractivity contribution is -0.135. The van der Waals surface area contributed by atoms with Gasteiger partial charge in [0.2, 0.25) is 5.91 Å². The number of H-pyrrole nitrogens is 1. The molecule has 0 saturated carbocycles. The van der Waals surface area contributed by atoms with Gasteiger partial charge in [-0.05, 0) is 13.8 Å². The van der Waals surface area contributed by atoms with Crippen LogP contribution in [0.2, 0.25) is 0 Å². The van der Waals surface area contributed by atoms with Gasteiger partial charge in [-0.2, -0.15) is 5.10 Å². The van der Waals surface area contributed by atoms with Crippen LogP contribution >= 0.6 is 0 Å². The molecule has 1 unspecified atom stereocenters. The maximum Gasteiger partial charge on any atom is 0.246 e. The number of aromatic nitrogens is 4. The standard InChI is InChI=1S/C17H26N6O2/c1-11-13(12(2)22(3)21-11)9-23(7-8-25-4)17(24)16-15-14(5-6-18-16)19-10-20-15/h10,16,18H,5-9H2,1-4H3,(H,19,20). The van der Waals surface area contributed by atoms with Crippen molar-refractivity contribution >= 4 is 5.91 Å². The van der Waals surface area contributed by atoms with Crippen molar-refractivity contribution in [3.8, 4) is 0 Å². The first-order valence-electron chi connectivity index (χ1n) is 8.55. The summed E-state index contributed by atoms with van der Waals surface area (Å²) in [4.78, 5) is 22.6. The Hall–Kier alpha value is -2.19. The monoisotopic (exact) mass is 346 g/mol. The zero-order valence-electron chi connectivity index (χ0n) is 15.3. The molecule has 0 fully saturated rings. The third-order valence-corrected chi connectivity index (χ3v) is 4.88. The number of ether oxygens (including phenoxy) is 1. The van der Waals surface area contributed by atoms with Gasteiger partial charge in [-0.3, -0.25) is 9.48 Å². The van der Waals surface area contributed by atoms with Crippen LogP contribution in [0.4, 0.5) is 0 Å². The number of rotatable bonds is 6. The van der Waals surface area contributed by atoms with Crippen LogP contribution in [-0.4, -0.2) is 57.4 Å². The summed E-state index contributed by atoms with van der Waals surface area (Å²) in [5.74, 6) is 0.0211. The lowest BCUT2D eigenvalue weighted by Gasteiger charge is -2.29. The average molecular weight is 346 g/mol. The maximum atomic E-state index is 13.2. The first kappa shape index (κ1) is 17.6. The molecule has 2 N–H and O–H groups in total. The number of amides is 1. The van der Waals surface area contributed by atoms with E-state index < -0.39 is 6.04 Å². The van der Waals surface area contributed by atoms with Crippen molar-refractivity contribution in [2.24, 2.45) is 7.05 Å². The zero-order chi connectivity index (χ0) is 18.0. The molecule has 25 heavy (non-hydrogen) atoms. The summed E-state index contributed by atoms with van der Waals surface area (Å²) < 4.78 is 7.07. The fourth-order valence-electron chi connectivity index (χ4n) is 3.31. The molecule has 136 valence electrons. The number of nitrogens with one attached hydrogen (secondary N) is 2. The molecule has 2 aromatic rings. The van der Waals surface area contributed by atoms with Crippen LogP contribution in [-0.2, 0) is 29.5 Å². The Kier molecular flexibility index (Phi) is 5.19. The molecule has 0 saturated heterocycles. The van der Waals surface area contributed by atoms with E-state index in [9.17, 15) is 4.79 Å². The molecule has 1 atom stereocenters. The van der Waals surface area contributed by atoms with E-state index in [1.54, 1.807) is 13.4 Å². The molecule has 8 nitrogen and oxygen atoms in total. The highest BCUT2D eigenvalue weighted by atomic mass is 16.5. The molecule has 2 aromatic heterocycles. The van der Waals surface area contributed by atoms with E-state index >= 15 is 0 Å². The van der Waals surface area contributed by atoms with Crippen molar-refractivity contribution in [2.45, 2.75) is 32.9 Å². The van der Waals surface area contributed by atoms with Gasteiger partial charge in [0.25, 0.3) is 0 Å². The Morgan fingerprint density at radius 2 is 2.28 bits per heavy atom. The minimum absolute atomic E-state index is 0.0211. The van der Waals surface area contributed by atoms with Crippen molar-refractivity contribution in [1.29, 1.82) is 0 Å². The van der Waals surface area contributed by atoms with Crippen molar-refractivity contribution in [3.05, 3.63) is 34.7 Å². The SMILES string of the molecule is COCCN(Cc1c(C)nn(C)c1C)C(=O)C1NCCc2[nH]cnc21. The molecule has 1 aliphatic rings. The summed E-state index contributed by atoms with van der Waals surface area (Å²) in [7, 11) is 3.57. The largest absolute Gasteiger partial charge is 0.383 e. The van der Waals surface area contributed by atoms with E-state index in [0.717, 1.165) is 41.3 Å². The van der Waals surface area contributed by atoms with Crippen LogP contribution in [0, 0.1) is 13.8 Å². The summed E-state index contributed by atoms with van der Waals surface area (Å²) in [6.45, 7) is 6.30. The van der Waals surface area contributed by atoms with Crippen molar-refractivity contribution in [3.63, 3.8) is 0 Å². The highest BCUT2D eigenvalue weighted by Crippen LogP contribution is 2.23. The summed E-state index contributed by atoms with van der Waals surface area (Å²) >= 11 is 0. The van der Waals surface area contributed by atoms with Gasteiger partial charge in [0, 0.05) is 57.2 Å². The molecule has 1 amide bonds. The van der Waals surface area contributed by atoms with Gasteiger partial charge < -0.3 is 19.9 Å². The Labute approximate surface area is 147 Å². The van der Waals surface area contributed by atoms with E-state index in [1.165, 1.54) is 0 Å². The smallest absolute Gasteiger partial charge is 0.246 e. The number of nitrogens with zero attached hydrogens (tertiary/aromatic N) is 4. The lowest BCUT2D eigenvalue weighted by Crippen LogP contribution is -2.44. The van der Waals surface area contributed by atoms with E-state index in [2.05, 4.69) is 20.4 Å². The van der Waals surface area contributed by atoms with Crippen LogP contribution < -0.4 is 5.32 Å². The normalized spacial score (nSPS) is 16.7. The molecule has 8 heteroatoms. The van der Waals surface area contributed by atoms with Gasteiger partial charge in [0.15, 0.2) is 0 Å².